The number of imidazole rings is 1. The Kier molecular flexibility index (Phi) is 3.19. The Balaban J connectivity index is 1.91. The van der Waals surface area contributed by atoms with Crippen molar-refractivity contribution in [3.8, 4) is 22.4 Å². The van der Waals surface area contributed by atoms with Crippen LogP contribution < -0.4 is 0 Å². The molecule has 0 amide bonds. The van der Waals surface area contributed by atoms with Crippen molar-refractivity contribution in [3.05, 3.63) is 72.7 Å². The fourth-order valence-electron chi connectivity index (χ4n) is 2.96. The van der Waals surface area contributed by atoms with E-state index in [2.05, 4.69) is 65.4 Å². The lowest BCUT2D eigenvalue weighted by Crippen LogP contribution is -1.90. The molecule has 23 heavy (non-hydrogen) atoms. The van der Waals surface area contributed by atoms with Crippen LogP contribution in [-0.4, -0.2) is 14.5 Å². The molecule has 0 aliphatic rings. The molecular formula is C20H17N3. The molecule has 2 aromatic heterocycles. The predicted octanol–water partition coefficient (Wildman–Crippen LogP) is 4.61. The van der Waals surface area contributed by atoms with Crippen molar-refractivity contribution in [3.63, 3.8) is 0 Å². The van der Waals surface area contributed by atoms with Crippen molar-refractivity contribution < 1.29 is 0 Å². The monoisotopic (exact) mass is 299 g/mol. The third-order valence-corrected chi connectivity index (χ3v) is 4.14. The van der Waals surface area contributed by atoms with Crippen LogP contribution in [0, 0.1) is 6.92 Å². The number of hydrogen-bond donors (Lipinski definition) is 0. The van der Waals surface area contributed by atoms with Gasteiger partial charge < -0.3 is 4.57 Å². The fourth-order valence-corrected chi connectivity index (χ4v) is 2.96. The first-order chi connectivity index (χ1) is 11.2. The van der Waals surface area contributed by atoms with Gasteiger partial charge in [-0.1, -0.05) is 35.9 Å². The second-order valence-corrected chi connectivity index (χ2v) is 5.83. The van der Waals surface area contributed by atoms with Crippen LogP contribution in [0.1, 0.15) is 5.56 Å². The van der Waals surface area contributed by atoms with Crippen molar-refractivity contribution >= 4 is 11.0 Å². The molecule has 112 valence electrons. The molecular weight excluding hydrogens is 282 g/mol. The minimum Gasteiger partial charge on any atom is -0.334 e. The third-order valence-electron chi connectivity index (χ3n) is 4.14. The maximum Gasteiger partial charge on any atom is 0.0955 e. The summed E-state index contributed by atoms with van der Waals surface area (Å²) in [5.41, 5.74) is 7.79. The van der Waals surface area contributed by atoms with Gasteiger partial charge in [-0.2, -0.15) is 0 Å². The highest BCUT2D eigenvalue weighted by Crippen LogP contribution is 2.31. The number of nitrogens with zero attached hydrogens (tertiary/aromatic N) is 3. The van der Waals surface area contributed by atoms with Crippen LogP contribution in [0.2, 0.25) is 0 Å². The number of benzene rings is 2. The maximum absolute atomic E-state index is 4.63. The van der Waals surface area contributed by atoms with Crippen LogP contribution in [-0.2, 0) is 7.05 Å². The summed E-state index contributed by atoms with van der Waals surface area (Å²) in [6, 6.07) is 18.9. The molecule has 3 heteroatoms. The molecule has 0 unspecified atom stereocenters. The lowest BCUT2D eigenvalue weighted by molar-refractivity contribution is 0.948. The topological polar surface area (TPSA) is 30.7 Å². The maximum atomic E-state index is 4.63. The Bertz CT molecular complexity index is 999. The lowest BCUT2D eigenvalue weighted by atomic mass is 9.98. The van der Waals surface area contributed by atoms with Crippen molar-refractivity contribution in [2.45, 2.75) is 6.92 Å². The molecule has 0 aliphatic heterocycles. The molecule has 2 aromatic carbocycles. The molecule has 3 nitrogen and oxygen atoms in total. The second kappa shape index (κ2) is 5.36. The van der Waals surface area contributed by atoms with E-state index in [1.165, 1.54) is 5.56 Å². The van der Waals surface area contributed by atoms with Gasteiger partial charge in [-0.05, 0) is 36.8 Å². The molecule has 0 saturated carbocycles. The molecule has 0 N–H and O–H groups in total. The number of pyridine rings is 1. The summed E-state index contributed by atoms with van der Waals surface area (Å²) in [5.74, 6) is 0. The van der Waals surface area contributed by atoms with E-state index in [1.807, 2.05) is 30.2 Å². The molecule has 0 fully saturated rings. The predicted molar refractivity (Wildman–Crippen MR) is 94.1 cm³/mol. The molecule has 2 heterocycles. The highest BCUT2D eigenvalue weighted by atomic mass is 15.0. The molecule has 0 spiro atoms. The zero-order chi connectivity index (χ0) is 15.8. The van der Waals surface area contributed by atoms with Gasteiger partial charge in [0.15, 0.2) is 0 Å². The molecule has 0 saturated heterocycles. The molecule has 0 atom stereocenters. The van der Waals surface area contributed by atoms with Gasteiger partial charge in [-0.25, -0.2) is 4.98 Å². The average Bonchev–Trinajstić information content (AvgIpc) is 2.95. The van der Waals surface area contributed by atoms with E-state index in [0.29, 0.717) is 0 Å². The Morgan fingerprint density at radius 1 is 0.870 bits per heavy atom. The Hall–Kier alpha value is -2.94. The number of aromatic nitrogens is 3. The third kappa shape index (κ3) is 2.40. The van der Waals surface area contributed by atoms with Gasteiger partial charge in [0.05, 0.1) is 23.1 Å². The zero-order valence-electron chi connectivity index (χ0n) is 13.2. The van der Waals surface area contributed by atoms with Crippen molar-refractivity contribution in [2.75, 3.05) is 0 Å². The molecule has 4 aromatic rings. The summed E-state index contributed by atoms with van der Waals surface area (Å²) in [7, 11) is 2.01. The molecule has 0 bridgehead atoms. The second-order valence-electron chi connectivity index (χ2n) is 5.83. The standard InChI is InChI=1S/C20H17N3/c1-14-5-3-6-16(11-14)20-17(7-4-10-21-20)15-8-9-19-18(12-15)22-13-23(19)2/h3-13H,1-2H3. The average molecular weight is 299 g/mol. The Morgan fingerprint density at radius 3 is 2.65 bits per heavy atom. The first kappa shape index (κ1) is 13.7. The van der Waals surface area contributed by atoms with E-state index in [9.17, 15) is 0 Å². The van der Waals surface area contributed by atoms with Gasteiger partial charge in [0.25, 0.3) is 0 Å². The lowest BCUT2D eigenvalue weighted by Gasteiger charge is -2.10. The van der Waals surface area contributed by atoms with Crippen molar-refractivity contribution in [2.24, 2.45) is 7.05 Å². The normalized spacial score (nSPS) is 11.0. The van der Waals surface area contributed by atoms with Crippen LogP contribution in [0.15, 0.2) is 67.1 Å². The SMILES string of the molecule is Cc1cccc(-c2ncccc2-c2ccc3c(c2)ncn3C)c1. The largest absolute Gasteiger partial charge is 0.334 e. The van der Waals surface area contributed by atoms with Gasteiger partial charge >= 0.3 is 0 Å². The van der Waals surface area contributed by atoms with Gasteiger partial charge in [-0.15, -0.1) is 0 Å². The first-order valence-electron chi connectivity index (χ1n) is 7.66. The number of aryl methyl sites for hydroxylation is 2. The highest BCUT2D eigenvalue weighted by Gasteiger charge is 2.10. The molecule has 4 rings (SSSR count). The fraction of sp³-hybridized carbons (Fsp3) is 0.100. The molecule has 0 radical (unpaired) electrons. The van der Waals surface area contributed by atoms with E-state index in [-0.39, 0.29) is 0 Å². The van der Waals surface area contributed by atoms with Crippen LogP contribution in [0.4, 0.5) is 0 Å². The van der Waals surface area contributed by atoms with Gasteiger partial charge in [0, 0.05) is 24.4 Å². The zero-order valence-corrected chi connectivity index (χ0v) is 13.2. The van der Waals surface area contributed by atoms with Crippen LogP contribution in [0.3, 0.4) is 0 Å². The van der Waals surface area contributed by atoms with E-state index in [0.717, 1.165) is 33.4 Å². The van der Waals surface area contributed by atoms with E-state index >= 15 is 0 Å². The summed E-state index contributed by atoms with van der Waals surface area (Å²) >= 11 is 0. The summed E-state index contributed by atoms with van der Waals surface area (Å²) in [4.78, 5) is 9.09. The minimum absolute atomic E-state index is 1.00. The molecule has 0 aliphatic carbocycles. The summed E-state index contributed by atoms with van der Waals surface area (Å²) in [6.07, 6.45) is 3.69. The van der Waals surface area contributed by atoms with Gasteiger partial charge in [-0.3, -0.25) is 4.98 Å². The number of rotatable bonds is 2. The van der Waals surface area contributed by atoms with Crippen molar-refractivity contribution in [1.29, 1.82) is 0 Å². The number of fused-ring (bicyclic) bond motifs is 1. The Labute approximate surface area is 135 Å². The van der Waals surface area contributed by atoms with Gasteiger partial charge in [0.1, 0.15) is 0 Å². The summed E-state index contributed by atoms with van der Waals surface area (Å²) in [6.45, 7) is 2.10. The van der Waals surface area contributed by atoms with E-state index in [1.54, 1.807) is 0 Å². The first-order valence-corrected chi connectivity index (χ1v) is 7.66. The number of hydrogen-bond acceptors (Lipinski definition) is 2. The highest BCUT2D eigenvalue weighted by molar-refractivity contribution is 5.87. The van der Waals surface area contributed by atoms with Crippen molar-refractivity contribution in [1.82, 2.24) is 14.5 Å². The minimum atomic E-state index is 1.00. The Morgan fingerprint density at radius 2 is 1.78 bits per heavy atom. The quantitative estimate of drug-likeness (QED) is 0.541. The smallest absolute Gasteiger partial charge is 0.0955 e. The van der Waals surface area contributed by atoms with E-state index < -0.39 is 0 Å². The summed E-state index contributed by atoms with van der Waals surface area (Å²) < 4.78 is 2.03. The summed E-state index contributed by atoms with van der Waals surface area (Å²) in [5, 5.41) is 0. The van der Waals surface area contributed by atoms with Crippen LogP contribution in [0.5, 0.6) is 0 Å². The van der Waals surface area contributed by atoms with Crippen LogP contribution in [0.25, 0.3) is 33.4 Å². The van der Waals surface area contributed by atoms with E-state index in [4.69, 9.17) is 0 Å². The van der Waals surface area contributed by atoms with Gasteiger partial charge in [0.2, 0.25) is 0 Å². The van der Waals surface area contributed by atoms with Crippen LogP contribution >= 0.6 is 0 Å².